The first-order valence-electron chi connectivity index (χ1n) is 3.60. The molecule has 1 N–H and O–H groups in total. The highest BCUT2D eigenvalue weighted by molar-refractivity contribution is 4.70. The standard InChI is InChI=1S/C7H14O2/c1-2-6-3-4-9-5-7(6)8/h6-8H,2-5H2,1H3/t6-,7-/m0/s1. The highest BCUT2D eigenvalue weighted by atomic mass is 16.5. The minimum absolute atomic E-state index is 0.205. The van der Waals surface area contributed by atoms with Gasteiger partial charge in [0, 0.05) is 6.61 Å². The number of aliphatic hydroxyl groups is 1. The van der Waals surface area contributed by atoms with E-state index in [9.17, 15) is 5.11 Å². The van der Waals surface area contributed by atoms with Crippen molar-refractivity contribution in [2.24, 2.45) is 5.92 Å². The molecule has 0 unspecified atom stereocenters. The normalized spacial score (nSPS) is 36.7. The molecule has 0 saturated carbocycles. The Morgan fingerprint density at radius 3 is 2.89 bits per heavy atom. The smallest absolute Gasteiger partial charge is 0.0802 e. The van der Waals surface area contributed by atoms with E-state index in [4.69, 9.17) is 4.74 Å². The van der Waals surface area contributed by atoms with E-state index in [0.717, 1.165) is 19.4 Å². The molecule has 0 aliphatic carbocycles. The van der Waals surface area contributed by atoms with E-state index < -0.39 is 0 Å². The molecule has 1 fully saturated rings. The molecular weight excluding hydrogens is 116 g/mol. The Bertz CT molecular complexity index is 83.0. The number of hydrogen-bond donors (Lipinski definition) is 1. The molecule has 1 saturated heterocycles. The van der Waals surface area contributed by atoms with Crippen LogP contribution in [-0.2, 0) is 4.74 Å². The monoisotopic (exact) mass is 130 g/mol. The van der Waals surface area contributed by atoms with Crippen LogP contribution >= 0.6 is 0 Å². The maximum atomic E-state index is 9.24. The van der Waals surface area contributed by atoms with E-state index in [-0.39, 0.29) is 6.10 Å². The summed E-state index contributed by atoms with van der Waals surface area (Å²) in [4.78, 5) is 0. The van der Waals surface area contributed by atoms with Crippen molar-refractivity contribution in [1.29, 1.82) is 0 Å². The molecule has 1 aliphatic rings. The topological polar surface area (TPSA) is 29.5 Å². The van der Waals surface area contributed by atoms with Gasteiger partial charge in [-0.15, -0.1) is 0 Å². The zero-order valence-corrected chi connectivity index (χ0v) is 5.84. The van der Waals surface area contributed by atoms with E-state index in [2.05, 4.69) is 6.92 Å². The van der Waals surface area contributed by atoms with Gasteiger partial charge in [-0.2, -0.15) is 0 Å². The molecule has 0 aromatic carbocycles. The summed E-state index contributed by atoms with van der Waals surface area (Å²) in [5, 5.41) is 9.24. The van der Waals surface area contributed by atoms with Gasteiger partial charge in [0.15, 0.2) is 0 Å². The lowest BCUT2D eigenvalue weighted by Gasteiger charge is -2.26. The quantitative estimate of drug-likeness (QED) is 0.568. The molecule has 0 aromatic rings. The van der Waals surface area contributed by atoms with E-state index in [1.54, 1.807) is 0 Å². The Morgan fingerprint density at radius 1 is 1.67 bits per heavy atom. The average molecular weight is 130 g/mol. The molecule has 1 heterocycles. The first kappa shape index (κ1) is 7.03. The summed E-state index contributed by atoms with van der Waals surface area (Å²) in [7, 11) is 0. The van der Waals surface area contributed by atoms with Crippen LogP contribution in [0.25, 0.3) is 0 Å². The van der Waals surface area contributed by atoms with Crippen molar-refractivity contribution in [2.75, 3.05) is 13.2 Å². The molecule has 2 nitrogen and oxygen atoms in total. The van der Waals surface area contributed by atoms with Crippen LogP contribution in [0.15, 0.2) is 0 Å². The molecule has 1 aliphatic heterocycles. The Morgan fingerprint density at radius 2 is 2.44 bits per heavy atom. The van der Waals surface area contributed by atoms with Crippen molar-refractivity contribution in [1.82, 2.24) is 0 Å². The van der Waals surface area contributed by atoms with Gasteiger partial charge in [0.25, 0.3) is 0 Å². The maximum absolute atomic E-state index is 9.24. The van der Waals surface area contributed by atoms with Crippen LogP contribution in [0.3, 0.4) is 0 Å². The minimum atomic E-state index is -0.205. The van der Waals surface area contributed by atoms with Crippen molar-refractivity contribution in [2.45, 2.75) is 25.9 Å². The lowest BCUT2D eigenvalue weighted by molar-refractivity contribution is -0.0446. The van der Waals surface area contributed by atoms with Crippen LogP contribution in [0, 0.1) is 5.92 Å². The van der Waals surface area contributed by atoms with Crippen LogP contribution in [0.4, 0.5) is 0 Å². The number of ether oxygens (including phenoxy) is 1. The molecule has 2 heteroatoms. The van der Waals surface area contributed by atoms with Crippen LogP contribution in [0.5, 0.6) is 0 Å². The van der Waals surface area contributed by atoms with E-state index >= 15 is 0 Å². The third kappa shape index (κ3) is 1.66. The summed E-state index contributed by atoms with van der Waals surface area (Å²) < 4.78 is 5.06. The summed E-state index contributed by atoms with van der Waals surface area (Å²) in [6, 6.07) is 0. The summed E-state index contributed by atoms with van der Waals surface area (Å²) in [5.41, 5.74) is 0. The second-order valence-electron chi connectivity index (χ2n) is 2.60. The van der Waals surface area contributed by atoms with Gasteiger partial charge >= 0.3 is 0 Å². The van der Waals surface area contributed by atoms with Gasteiger partial charge in [-0.1, -0.05) is 13.3 Å². The Hall–Kier alpha value is -0.0800. The lowest BCUT2D eigenvalue weighted by Crippen LogP contribution is -2.31. The molecule has 2 atom stereocenters. The largest absolute Gasteiger partial charge is 0.390 e. The van der Waals surface area contributed by atoms with Crippen molar-refractivity contribution in [3.8, 4) is 0 Å². The number of hydrogen-bond acceptors (Lipinski definition) is 2. The highest BCUT2D eigenvalue weighted by Crippen LogP contribution is 2.17. The molecule has 0 radical (unpaired) electrons. The summed E-state index contributed by atoms with van der Waals surface area (Å²) in [5.74, 6) is 0.485. The van der Waals surface area contributed by atoms with Crippen LogP contribution in [0.2, 0.25) is 0 Å². The third-order valence-corrected chi connectivity index (χ3v) is 1.99. The van der Waals surface area contributed by atoms with Gasteiger partial charge in [-0.25, -0.2) is 0 Å². The Balaban J connectivity index is 2.30. The van der Waals surface area contributed by atoms with Gasteiger partial charge in [-0.3, -0.25) is 0 Å². The molecular formula is C7H14O2. The van der Waals surface area contributed by atoms with Crippen molar-refractivity contribution in [3.05, 3.63) is 0 Å². The highest BCUT2D eigenvalue weighted by Gasteiger charge is 2.21. The second-order valence-corrected chi connectivity index (χ2v) is 2.60. The fourth-order valence-electron chi connectivity index (χ4n) is 1.24. The van der Waals surface area contributed by atoms with Crippen molar-refractivity contribution >= 4 is 0 Å². The molecule has 54 valence electrons. The van der Waals surface area contributed by atoms with E-state index in [1.165, 1.54) is 0 Å². The van der Waals surface area contributed by atoms with Crippen LogP contribution in [0.1, 0.15) is 19.8 Å². The summed E-state index contributed by atoms with van der Waals surface area (Å²) in [6.45, 7) is 3.48. The summed E-state index contributed by atoms with van der Waals surface area (Å²) >= 11 is 0. The Kier molecular flexibility index (Phi) is 2.49. The molecule has 0 amide bonds. The van der Waals surface area contributed by atoms with Gasteiger partial charge in [0.2, 0.25) is 0 Å². The van der Waals surface area contributed by atoms with Gasteiger partial charge in [-0.05, 0) is 12.3 Å². The Labute approximate surface area is 55.8 Å². The molecule has 0 aromatic heterocycles. The molecule has 9 heavy (non-hydrogen) atoms. The fourth-order valence-corrected chi connectivity index (χ4v) is 1.24. The SMILES string of the molecule is CC[C@H]1CCOC[C@@H]1O. The molecule has 0 spiro atoms. The lowest BCUT2D eigenvalue weighted by atomic mass is 9.95. The molecule has 0 bridgehead atoms. The van der Waals surface area contributed by atoms with E-state index in [0.29, 0.717) is 12.5 Å². The predicted octanol–water partition coefficient (Wildman–Crippen LogP) is 0.794. The minimum Gasteiger partial charge on any atom is -0.390 e. The average Bonchev–Trinajstić information content (AvgIpc) is 1.89. The fraction of sp³-hybridized carbons (Fsp3) is 1.00. The number of rotatable bonds is 1. The first-order valence-corrected chi connectivity index (χ1v) is 3.60. The number of aliphatic hydroxyl groups excluding tert-OH is 1. The predicted molar refractivity (Wildman–Crippen MR) is 35.2 cm³/mol. The first-order chi connectivity index (χ1) is 4.34. The van der Waals surface area contributed by atoms with Crippen LogP contribution in [-0.4, -0.2) is 24.4 Å². The van der Waals surface area contributed by atoms with Gasteiger partial charge < -0.3 is 9.84 Å². The maximum Gasteiger partial charge on any atom is 0.0802 e. The third-order valence-electron chi connectivity index (χ3n) is 1.99. The summed E-state index contributed by atoms with van der Waals surface area (Å²) in [6.07, 6.45) is 1.89. The van der Waals surface area contributed by atoms with Gasteiger partial charge in [0.05, 0.1) is 12.7 Å². The van der Waals surface area contributed by atoms with Gasteiger partial charge in [0.1, 0.15) is 0 Å². The van der Waals surface area contributed by atoms with E-state index in [1.807, 2.05) is 0 Å². The zero-order valence-electron chi connectivity index (χ0n) is 5.84. The van der Waals surface area contributed by atoms with Crippen molar-refractivity contribution < 1.29 is 9.84 Å². The molecule has 1 rings (SSSR count). The van der Waals surface area contributed by atoms with Crippen molar-refractivity contribution in [3.63, 3.8) is 0 Å². The second kappa shape index (κ2) is 3.18. The van der Waals surface area contributed by atoms with Crippen LogP contribution < -0.4 is 0 Å². The zero-order chi connectivity index (χ0) is 6.69.